The average Bonchev–Trinajstić information content (AvgIpc) is 3.34. The molecule has 40 heavy (non-hydrogen) atoms. The highest BCUT2D eigenvalue weighted by Gasteiger charge is 2.52. The predicted octanol–water partition coefficient (Wildman–Crippen LogP) is 5.64. The van der Waals surface area contributed by atoms with Gasteiger partial charge in [0.25, 0.3) is 0 Å². The molecule has 1 aliphatic heterocycles. The Morgan fingerprint density at radius 2 is 1.50 bits per heavy atom. The highest BCUT2D eigenvalue weighted by atomic mass is 32.2. The molecule has 1 N–H and O–H groups in total. The molecule has 3 aromatic carbocycles. The Balaban J connectivity index is 1.33. The van der Waals surface area contributed by atoms with Gasteiger partial charge in [-0.3, -0.25) is 0 Å². The van der Waals surface area contributed by atoms with Crippen LogP contribution < -0.4 is 5.32 Å². The second-order valence-corrected chi connectivity index (χ2v) is 13.3. The fourth-order valence-electron chi connectivity index (χ4n) is 5.07. The van der Waals surface area contributed by atoms with Gasteiger partial charge in [-0.15, -0.1) is 0 Å². The lowest BCUT2D eigenvalue weighted by atomic mass is 9.77. The zero-order valence-corrected chi connectivity index (χ0v) is 24.2. The van der Waals surface area contributed by atoms with Crippen LogP contribution in [-0.2, 0) is 23.9 Å². The lowest BCUT2D eigenvalue weighted by Crippen LogP contribution is -2.41. The smallest absolute Gasteiger partial charge is 0.449 e. The third-order valence-corrected chi connectivity index (χ3v) is 9.09. The minimum Gasteiger partial charge on any atom is -0.449 e. The van der Waals surface area contributed by atoms with Crippen molar-refractivity contribution in [2.24, 2.45) is 0 Å². The average molecular weight is 559 g/mol. The molecule has 0 spiro atoms. The van der Waals surface area contributed by atoms with Crippen LogP contribution in [0.3, 0.4) is 0 Å². The number of hydrogen-bond donors (Lipinski definition) is 1. The predicted molar refractivity (Wildman–Crippen MR) is 157 cm³/mol. The molecule has 5 rings (SSSR count). The van der Waals surface area contributed by atoms with Gasteiger partial charge in [-0.25, -0.2) is 13.2 Å². The maximum absolute atomic E-state index is 12.9. The molecule has 0 aromatic heterocycles. The van der Waals surface area contributed by atoms with Crippen molar-refractivity contribution in [3.63, 3.8) is 0 Å². The summed E-state index contributed by atoms with van der Waals surface area (Å²) in [7, 11) is -4.12. The van der Waals surface area contributed by atoms with Crippen LogP contribution in [0.25, 0.3) is 17.2 Å². The molecule has 7 nitrogen and oxygen atoms in total. The Labute approximate surface area is 236 Å². The van der Waals surface area contributed by atoms with E-state index in [2.05, 4.69) is 29.6 Å². The Bertz CT molecular complexity index is 1520. The van der Waals surface area contributed by atoms with Gasteiger partial charge in [0.1, 0.15) is 6.61 Å². The molecule has 1 fully saturated rings. The molecule has 1 amide bonds. The minimum absolute atomic E-state index is 0.0463. The monoisotopic (exact) mass is 559 g/mol. The van der Waals surface area contributed by atoms with Crippen molar-refractivity contribution < 1.29 is 27.3 Å². The Morgan fingerprint density at radius 1 is 0.925 bits per heavy atom. The number of fused-ring (bicyclic) bond motifs is 3. The van der Waals surface area contributed by atoms with E-state index in [9.17, 15) is 13.2 Å². The van der Waals surface area contributed by atoms with Crippen molar-refractivity contribution in [1.82, 2.24) is 5.32 Å². The van der Waals surface area contributed by atoms with Crippen LogP contribution >= 0.6 is 0 Å². The molecule has 208 valence electrons. The van der Waals surface area contributed by atoms with Gasteiger partial charge in [0, 0.05) is 18.7 Å². The molecule has 0 saturated carbocycles. The van der Waals surface area contributed by atoms with Gasteiger partial charge in [0.15, 0.2) is 9.84 Å². The maximum Gasteiger partial charge on any atom is 0.492 e. The normalized spacial score (nSPS) is 17.8. The lowest BCUT2D eigenvalue weighted by Gasteiger charge is -2.32. The van der Waals surface area contributed by atoms with Gasteiger partial charge in [-0.2, -0.15) is 0 Å². The van der Waals surface area contributed by atoms with Crippen LogP contribution in [0, 0.1) is 0 Å². The van der Waals surface area contributed by atoms with Gasteiger partial charge >= 0.3 is 13.2 Å². The quantitative estimate of drug-likeness (QED) is 0.377. The van der Waals surface area contributed by atoms with Gasteiger partial charge in [-0.1, -0.05) is 66.7 Å². The zero-order valence-electron chi connectivity index (χ0n) is 23.4. The minimum atomic E-state index is -3.38. The number of sulfone groups is 1. The van der Waals surface area contributed by atoms with Crippen molar-refractivity contribution in [2.45, 2.75) is 49.7 Å². The first-order valence-corrected chi connectivity index (χ1v) is 15.2. The largest absolute Gasteiger partial charge is 0.492 e. The van der Waals surface area contributed by atoms with E-state index in [1.807, 2.05) is 52.0 Å². The van der Waals surface area contributed by atoms with Crippen LogP contribution in [0.5, 0.6) is 0 Å². The molecule has 0 bridgehead atoms. The summed E-state index contributed by atoms with van der Waals surface area (Å²) < 4.78 is 42.4. The molecule has 0 atom stereocenters. The number of ether oxygens (including phenoxy) is 1. The summed E-state index contributed by atoms with van der Waals surface area (Å²) in [5.74, 6) is -0.0463. The van der Waals surface area contributed by atoms with E-state index in [0.29, 0.717) is 11.0 Å². The van der Waals surface area contributed by atoms with E-state index in [1.165, 1.54) is 6.26 Å². The molecule has 2 aliphatic rings. The van der Waals surface area contributed by atoms with Crippen molar-refractivity contribution in [3.05, 3.63) is 95.0 Å². The number of alkyl carbamates (subject to hydrolysis) is 1. The van der Waals surface area contributed by atoms with E-state index in [1.54, 1.807) is 30.3 Å². The van der Waals surface area contributed by atoms with E-state index in [4.69, 9.17) is 14.0 Å². The Hall–Kier alpha value is -3.40. The van der Waals surface area contributed by atoms with Gasteiger partial charge in [0.2, 0.25) is 0 Å². The van der Waals surface area contributed by atoms with E-state index < -0.39 is 34.3 Å². The number of carbonyl (C=O) groups is 1. The van der Waals surface area contributed by atoms with E-state index in [-0.39, 0.29) is 24.0 Å². The van der Waals surface area contributed by atoms with Crippen molar-refractivity contribution in [2.75, 3.05) is 19.4 Å². The first-order valence-electron chi connectivity index (χ1n) is 13.3. The standard InChI is InChI=1S/C31H34BNO6S/c1-30(2)31(3,4)39-32(38-30)22(17-21-11-10-12-23(18-21)40(5,35)36)19-33-29(34)37-20-28-26-15-8-6-13-24(26)25-14-7-9-16-27(25)28/h6-18,28H,19-20H2,1-5H3,(H,33,34). The highest BCUT2D eigenvalue weighted by Crippen LogP contribution is 2.44. The summed E-state index contributed by atoms with van der Waals surface area (Å²) in [6, 6.07) is 23.0. The van der Waals surface area contributed by atoms with E-state index >= 15 is 0 Å². The molecule has 3 aromatic rings. The van der Waals surface area contributed by atoms with Crippen LogP contribution in [0.1, 0.15) is 50.3 Å². The summed E-state index contributed by atoms with van der Waals surface area (Å²) in [4.78, 5) is 13.1. The van der Waals surface area contributed by atoms with Crippen LogP contribution in [0.15, 0.2) is 83.2 Å². The maximum atomic E-state index is 12.9. The first kappa shape index (κ1) is 28.1. The van der Waals surface area contributed by atoms with Gasteiger partial charge < -0.3 is 19.4 Å². The summed E-state index contributed by atoms with van der Waals surface area (Å²) >= 11 is 0. The number of benzene rings is 3. The third-order valence-electron chi connectivity index (χ3n) is 7.97. The number of rotatable bonds is 7. The molecule has 9 heteroatoms. The summed E-state index contributed by atoms with van der Waals surface area (Å²) in [6.45, 7) is 8.10. The zero-order chi connectivity index (χ0) is 28.7. The summed E-state index contributed by atoms with van der Waals surface area (Å²) in [5, 5.41) is 2.84. The fraction of sp³-hybridized carbons (Fsp3) is 0.323. The molecule has 1 heterocycles. The van der Waals surface area contributed by atoms with Crippen LogP contribution in [0.4, 0.5) is 4.79 Å². The van der Waals surface area contributed by atoms with Crippen molar-refractivity contribution >= 4 is 29.1 Å². The molecule has 0 radical (unpaired) electrons. The van der Waals surface area contributed by atoms with Gasteiger partial charge in [0.05, 0.1) is 16.1 Å². The van der Waals surface area contributed by atoms with Crippen molar-refractivity contribution in [3.8, 4) is 11.1 Å². The van der Waals surface area contributed by atoms with Crippen molar-refractivity contribution in [1.29, 1.82) is 0 Å². The molecule has 1 aliphatic carbocycles. The molecular formula is C31H34BNO6S. The fourth-order valence-corrected chi connectivity index (χ4v) is 5.75. The molecule has 1 saturated heterocycles. The van der Waals surface area contributed by atoms with E-state index in [0.717, 1.165) is 22.3 Å². The SMILES string of the molecule is CC1(C)OB(C(=Cc2cccc(S(C)(=O)=O)c2)CNC(=O)OCC2c3ccccc3-c3ccccc32)OC1(C)C. The molecule has 0 unspecified atom stereocenters. The van der Waals surface area contributed by atoms with Crippen LogP contribution in [0.2, 0.25) is 0 Å². The first-order chi connectivity index (χ1) is 18.9. The summed E-state index contributed by atoms with van der Waals surface area (Å²) in [5.41, 5.74) is 4.72. The Morgan fingerprint density at radius 3 is 2.08 bits per heavy atom. The molecular weight excluding hydrogens is 525 g/mol. The number of amides is 1. The van der Waals surface area contributed by atoms with Crippen LogP contribution in [-0.4, -0.2) is 52.2 Å². The van der Waals surface area contributed by atoms with Gasteiger partial charge in [-0.05, 0) is 73.1 Å². The lowest BCUT2D eigenvalue weighted by molar-refractivity contribution is 0.00578. The topological polar surface area (TPSA) is 90.9 Å². The summed E-state index contributed by atoms with van der Waals surface area (Å²) in [6.07, 6.45) is 2.40. The number of carbonyl (C=O) groups excluding carboxylic acids is 1. The second kappa shape index (κ2) is 10.5. The number of hydrogen-bond acceptors (Lipinski definition) is 6. The Kier molecular flexibility index (Phi) is 7.42. The second-order valence-electron chi connectivity index (χ2n) is 11.3. The number of nitrogens with one attached hydrogen (secondary N) is 1. The highest BCUT2D eigenvalue weighted by molar-refractivity contribution is 7.90. The third kappa shape index (κ3) is 5.59.